The zero-order chi connectivity index (χ0) is 15.0. The third-order valence-electron chi connectivity index (χ3n) is 5.26. The van der Waals surface area contributed by atoms with Crippen LogP contribution in [-0.2, 0) is 6.42 Å². The summed E-state index contributed by atoms with van der Waals surface area (Å²) in [6.45, 7) is 9.13. The lowest BCUT2D eigenvalue weighted by molar-refractivity contribution is 0.166. The fourth-order valence-corrected chi connectivity index (χ4v) is 4.05. The summed E-state index contributed by atoms with van der Waals surface area (Å²) in [5, 5.41) is 3.85. The maximum atomic E-state index is 5.93. The summed E-state index contributed by atoms with van der Waals surface area (Å²) in [6.07, 6.45) is 6.33. The first-order chi connectivity index (χ1) is 9.94. The molecule has 21 heavy (non-hydrogen) atoms. The first-order valence-corrected chi connectivity index (χ1v) is 8.47. The lowest BCUT2D eigenvalue weighted by atomic mass is 9.74. The quantitative estimate of drug-likeness (QED) is 0.920. The predicted octanol–water partition coefficient (Wildman–Crippen LogP) is 3.68. The number of likely N-dealkylation sites (tertiary alicyclic amines) is 1. The SMILES string of the molecule is Cc1cc2c(o1)CC(C)(C)CC2NCC1CCCCN1C. The van der Waals surface area contributed by atoms with Gasteiger partial charge in [0, 0.05) is 30.6 Å². The molecule has 0 bridgehead atoms. The van der Waals surface area contributed by atoms with Gasteiger partial charge < -0.3 is 14.6 Å². The van der Waals surface area contributed by atoms with Gasteiger partial charge in [0.05, 0.1) is 0 Å². The van der Waals surface area contributed by atoms with Crippen LogP contribution in [0.1, 0.15) is 62.7 Å². The lowest BCUT2D eigenvalue weighted by Gasteiger charge is -2.38. The van der Waals surface area contributed by atoms with Gasteiger partial charge in [-0.25, -0.2) is 0 Å². The highest BCUT2D eigenvalue weighted by molar-refractivity contribution is 5.29. The molecule has 3 heteroatoms. The van der Waals surface area contributed by atoms with Gasteiger partial charge in [0.25, 0.3) is 0 Å². The number of aryl methyl sites for hydroxylation is 1. The molecule has 1 fully saturated rings. The minimum Gasteiger partial charge on any atom is -0.466 e. The Labute approximate surface area is 129 Å². The van der Waals surface area contributed by atoms with E-state index in [1.54, 1.807) is 0 Å². The Kier molecular flexibility index (Phi) is 4.15. The highest BCUT2D eigenvalue weighted by Gasteiger charge is 2.35. The van der Waals surface area contributed by atoms with Gasteiger partial charge in [-0.05, 0) is 51.3 Å². The largest absolute Gasteiger partial charge is 0.466 e. The van der Waals surface area contributed by atoms with Gasteiger partial charge in [-0.3, -0.25) is 0 Å². The van der Waals surface area contributed by atoms with Crippen molar-refractivity contribution in [3.63, 3.8) is 0 Å². The van der Waals surface area contributed by atoms with Crippen LogP contribution in [0.25, 0.3) is 0 Å². The van der Waals surface area contributed by atoms with Crippen LogP contribution in [0.2, 0.25) is 0 Å². The van der Waals surface area contributed by atoms with Crippen LogP contribution in [-0.4, -0.2) is 31.1 Å². The van der Waals surface area contributed by atoms with E-state index in [0.717, 1.165) is 18.7 Å². The molecule has 1 N–H and O–H groups in total. The van der Waals surface area contributed by atoms with Gasteiger partial charge in [-0.1, -0.05) is 20.3 Å². The van der Waals surface area contributed by atoms with Crippen LogP contribution in [0.3, 0.4) is 0 Å². The molecule has 0 spiro atoms. The average Bonchev–Trinajstić information content (AvgIpc) is 2.76. The summed E-state index contributed by atoms with van der Waals surface area (Å²) >= 11 is 0. The third kappa shape index (κ3) is 3.35. The fraction of sp³-hybridized carbons (Fsp3) is 0.778. The van der Waals surface area contributed by atoms with Gasteiger partial charge in [0.2, 0.25) is 0 Å². The number of hydrogen-bond acceptors (Lipinski definition) is 3. The number of likely N-dealkylation sites (N-methyl/N-ethyl adjacent to an activating group) is 1. The Morgan fingerprint density at radius 1 is 1.38 bits per heavy atom. The summed E-state index contributed by atoms with van der Waals surface area (Å²) in [5.74, 6) is 2.26. The van der Waals surface area contributed by atoms with Crippen LogP contribution in [0, 0.1) is 12.3 Å². The van der Waals surface area contributed by atoms with Crippen molar-refractivity contribution in [2.24, 2.45) is 5.41 Å². The summed E-state index contributed by atoms with van der Waals surface area (Å²) in [6, 6.07) is 3.39. The minimum atomic E-state index is 0.327. The zero-order valence-electron chi connectivity index (χ0n) is 14.0. The van der Waals surface area contributed by atoms with Crippen LogP contribution in [0.15, 0.2) is 10.5 Å². The number of piperidine rings is 1. The second kappa shape index (κ2) is 5.77. The van der Waals surface area contributed by atoms with E-state index in [0.29, 0.717) is 17.5 Å². The summed E-state index contributed by atoms with van der Waals surface area (Å²) in [5.41, 5.74) is 1.73. The predicted molar refractivity (Wildman–Crippen MR) is 86.6 cm³/mol. The Morgan fingerprint density at radius 3 is 2.95 bits per heavy atom. The van der Waals surface area contributed by atoms with Crippen LogP contribution < -0.4 is 5.32 Å². The van der Waals surface area contributed by atoms with Crippen molar-refractivity contribution in [2.45, 2.75) is 65.0 Å². The van der Waals surface area contributed by atoms with Crippen LogP contribution in [0.5, 0.6) is 0 Å². The molecule has 0 aromatic carbocycles. The Bertz CT molecular complexity index is 491. The van der Waals surface area contributed by atoms with Gasteiger partial charge in [0.15, 0.2) is 0 Å². The molecule has 0 saturated carbocycles. The molecule has 2 atom stereocenters. The molecule has 1 aromatic heterocycles. The minimum absolute atomic E-state index is 0.327. The standard InChI is InChI=1S/C18H30N2O/c1-13-9-15-16(10-18(2,3)11-17(15)21-13)19-12-14-7-5-6-8-20(14)4/h9,14,16,19H,5-8,10-12H2,1-4H3. The van der Waals surface area contributed by atoms with Crippen molar-refractivity contribution in [3.05, 3.63) is 23.2 Å². The molecule has 0 radical (unpaired) electrons. The molecule has 2 heterocycles. The molecular formula is C18H30N2O. The Morgan fingerprint density at radius 2 is 2.19 bits per heavy atom. The van der Waals surface area contributed by atoms with Crippen molar-refractivity contribution in [3.8, 4) is 0 Å². The van der Waals surface area contributed by atoms with E-state index in [4.69, 9.17) is 4.42 Å². The molecule has 1 saturated heterocycles. The van der Waals surface area contributed by atoms with E-state index in [1.807, 2.05) is 0 Å². The van der Waals surface area contributed by atoms with Crippen LogP contribution in [0.4, 0.5) is 0 Å². The van der Waals surface area contributed by atoms with Gasteiger partial charge in [-0.15, -0.1) is 0 Å². The molecule has 1 aliphatic heterocycles. The smallest absolute Gasteiger partial charge is 0.109 e. The normalized spacial score (nSPS) is 29.3. The lowest BCUT2D eigenvalue weighted by Crippen LogP contribution is -2.45. The van der Waals surface area contributed by atoms with Gasteiger partial charge in [0.1, 0.15) is 11.5 Å². The topological polar surface area (TPSA) is 28.4 Å². The summed E-state index contributed by atoms with van der Waals surface area (Å²) < 4.78 is 5.93. The Hall–Kier alpha value is -0.800. The summed E-state index contributed by atoms with van der Waals surface area (Å²) in [7, 11) is 2.27. The first kappa shape index (κ1) is 15.1. The maximum absolute atomic E-state index is 5.93. The fourth-order valence-electron chi connectivity index (χ4n) is 4.05. The van der Waals surface area contributed by atoms with Crippen LogP contribution >= 0.6 is 0 Å². The van der Waals surface area contributed by atoms with Crippen molar-refractivity contribution in [2.75, 3.05) is 20.1 Å². The molecule has 2 unspecified atom stereocenters. The highest BCUT2D eigenvalue weighted by Crippen LogP contribution is 2.42. The van der Waals surface area contributed by atoms with Crippen molar-refractivity contribution in [1.82, 2.24) is 10.2 Å². The number of fused-ring (bicyclic) bond motifs is 1. The number of furan rings is 1. The second-order valence-corrected chi connectivity index (χ2v) is 7.87. The van der Waals surface area contributed by atoms with E-state index in [-0.39, 0.29) is 0 Å². The average molecular weight is 290 g/mol. The Balaban J connectivity index is 1.69. The molecule has 1 aliphatic carbocycles. The molecular weight excluding hydrogens is 260 g/mol. The maximum Gasteiger partial charge on any atom is 0.109 e. The highest BCUT2D eigenvalue weighted by atomic mass is 16.3. The zero-order valence-corrected chi connectivity index (χ0v) is 14.0. The number of hydrogen-bond donors (Lipinski definition) is 1. The molecule has 2 aliphatic rings. The monoisotopic (exact) mass is 290 g/mol. The third-order valence-corrected chi connectivity index (χ3v) is 5.26. The first-order valence-electron chi connectivity index (χ1n) is 8.47. The van der Waals surface area contributed by atoms with E-state index in [9.17, 15) is 0 Å². The number of nitrogens with one attached hydrogen (secondary N) is 1. The van der Waals surface area contributed by atoms with Crippen molar-refractivity contribution >= 4 is 0 Å². The second-order valence-electron chi connectivity index (χ2n) is 7.87. The number of nitrogens with zero attached hydrogens (tertiary/aromatic N) is 1. The van der Waals surface area contributed by atoms with Gasteiger partial charge >= 0.3 is 0 Å². The van der Waals surface area contributed by atoms with E-state index >= 15 is 0 Å². The van der Waals surface area contributed by atoms with Crippen molar-refractivity contribution in [1.29, 1.82) is 0 Å². The summed E-state index contributed by atoms with van der Waals surface area (Å²) in [4.78, 5) is 2.52. The van der Waals surface area contributed by atoms with E-state index in [2.05, 4.69) is 44.1 Å². The van der Waals surface area contributed by atoms with E-state index in [1.165, 1.54) is 43.6 Å². The molecule has 0 amide bonds. The van der Waals surface area contributed by atoms with E-state index < -0.39 is 0 Å². The van der Waals surface area contributed by atoms with Gasteiger partial charge in [-0.2, -0.15) is 0 Å². The molecule has 3 nitrogen and oxygen atoms in total. The van der Waals surface area contributed by atoms with Crippen molar-refractivity contribution < 1.29 is 4.42 Å². The molecule has 118 valence electrons. The molecule has 1 aromatic rings. The number of rotatable bonds is 3. The molecule has 3 rings (SSSR count).